The van der Waals surface area contributed by atoms with Gasteiger partial charge in [0.05, 0.1) is 16.8 Å². The molecule has 29 heavy (non-hydrogen) atoms. The Morgan fingerprint density at radius 3 is 2.45 bits per heavy atom. The second kappa shape index (κ2) is 9.80. The van der Waals surface area contributed by atoms with Gasteiger partial charge in [0.2, 0.25) is 0 Å². The van der Waals surface area contributed by atoms with E-state index in [4.69, 9.17) is 4.74 Å². The third kappa shape index (κ3) is 5.10. The fourth-order valence-corrected chi connectivity index (χ4v) is 4.10. The fourth-order valence-electron chi connectivity index (χ4n) is 3.08. The van der Waals surface area contributed by atoms with E-state index in [9.17, 15) is 9.18 Å². The Morgan fingerprint density at radius 1 is 1.07 bits per heavy atom. The van der Waals surface area contributed by atoms with E-state index < -0.39 is 0 Å². The Labute approximate surface area is 174 Å². The number of nitrogens with zero attached hydrogens (tertiary/aromatic N) is 3. The molecule has 3 aromatic rings. The standard InChI is InChI=1S/C22H26FN3O2S/c1-4-25(5-2)13-14-26(21(27)16-7-9-17(23)10-8-16)22-24-19-12-11-18(28-6-3)15-20(19)29-22/h7-12,15H,4-6,13-14H2,1-3H3. The van der Waals surface area contributed by atoms with Gasteiger partial charge in [0, 0.05) is 18.7 Å². The summed E-state index contributed by atoms with van der Waals surface area (Å²) in [6.45, 7) is 9.80. The lowest BCUT2D eigenvalue weighted by atomic mass is 10.2. The normalized spacial score (nSPS) is 11.2. The van der Waals surface area contributed by atoms with E-state index in [0.717, 1.165) is 35.6 Å². The highest BCUT2D eigenvalue weighted by Crippen LogP contribution is 2.32. The second-order valence-electron chi connectivity index (χ2n) is 6.55. The summed E-state index contributed by atoms with van der Waals surface area (Å²) in [6, 6.07) is 11.4. The number of likely N-dealkylation sites (N-methyl/N-ethyl adjacent to an activating group) is 1. The van der Waals surface area contributed by atoms with Crippen molar-refractivity contribution in [3.8, 4) is 5.75 Å². The minimum absolute atomic E-state index is 0.179. The summed E-state index contributed by atoms with van der Waals surface area (Å²) in [5.41, 5.74) is 1.27. The molecule has 0 aliphatic heterocycles. The van der Waals surface area contributed by atoms with Gasteiger partial charge in [-0.3, -0.25) is 9.69 Å². The van der Waals surface area contributed by atoms with Crippen molar-refractivity contribution >= 4 is 32.6 Å². The first kappa shape index (κ1) is 21.2. The van der Waals surface area contributed by atoms with Crippen molar-refractivity contribution in [2.45, 2.75) is 20.8 Å². The van der Waals surface area contributed by atoms with Gasteiger partial charge in [-0.25, -0.2) is 9.37 Å². The quantitative estimate of drug-likeness (QED) is 0.503. The van der Waals surface area contributed by atoms with Gasteiger partial charge in [-0.15, -0.1) is 0 Å². The minimum atomic E-state index is -0.361. The smallest absolute Gasteiger partial charge is 0.260 e. The van der Waals surface area contributed by atoms with Crippen molar-refractivity contribution < 1.29 is 13.9 Å². The molecule has 0 saturated heterocycles. The summed E-state index contributed by atoms with van der Waals surface area (Å²) < 4.78 is 19.8. The molecule has 0 bridgehead atoms. The maximum atomic E-state index is 13.3. The molecular formula is C22H26FN3O2S. The van der Waals surface area contributed by atoms with Crippen LogP contribution in [0.25, 0.3) is 10.2 Å². The number of hydrogen-bond acceptors (Lipinski definition) is 5. The van der Waals surface area contributed by atoms with Crippen LogP contribution in [0.2, 0.25) is 0 Å². The van der Waals surface area contributed by atoms with Crippen LogP contribution in [0, 0.1) is 5.82 Å². The van der Waals surface area contributed by atoms with E-state index >= 15 is 0 Å². The van der Waals surface area contributed by atoms with E-state index in [0.29, 0.717) is 23.8 Å². The lowest BCUT2D eigenvalue weighted by Gasteiger charge is -2.24. The predicted molar refractivity (Wildman–Crippen MR) is 117 cm³/mol. The molecule has 1 amide bonds. The number of carbonyl (C=O) groups excluding carboxylic acids is 1. The number of ether oxygens (including phenoxy) is 1. The number of hydrogen-bond donors (Lipinski definition) is 0. The van der Waals surface area contributed by atoms with Crippen LogP contribution in [-0.4, -0.2) is 48.6 Å². The van der Waals surface area contributed by atoms with E-state index in [2.05, 4.69) is 23.7 Å². The molecule has 0 atom stereocenters. The number of aromatic nitrogens is 1. The van der Waals surface area contributed by atoms with Crippen molar-refractivity contribution in [2.75, 3.05) is 37.7 Å². The average Bonchev–Trinajstić information content (AvgIpc) is 3.14. The number of anilines is 1. The molecule has 0 aliphatic rings. The highest BCUT2D eigenvalue weighted by molar-refractivity contribution is 7.22. The first-order valence-electron chi connectivity index (χ1n) is 9.88. The lowest BCUT2D eigenvalue weighted by molar-refractivity contribution is 0.0983. The molecule has 0 radical (unpaired) electrons. The van der Waals surface area contributed by atoms with Gasteiger partial charge in [-0.1, -0.05) is 25.2 Å². The number of thiazole rings is 1. The number of rotatable bonds is 9. The largest absolute Gasteiger partial charge is 0.494 e. The first-order chi connectivity index (χ1) is 14.0. The van der Waals surface area contributed by atoms with Gasteiger partial charge in [0.25, 0.3) is 5.91 Å². The number of carbonyl (C=O) groups is 1. The van der Waals surface area contributed by atoms with E-state index in [-0.39, 0.29) is 11.7 Å². The summed E-state index contributed by atoms with van der Waals surface area (Å²) in [5.74, 6) is 0.246. The SMILES string of the molecule is CCOc1ccc2nc(N(CCN(CC)CC)C(=O)c3ccc(F)cc3)sc2c1. The van der Waals surface area contributed by atoms with Crippen LogP contribution < -0.4 is 9.64 Å². The highest BCUT2D eigenvalue weighted by atomic mass is 32.1. The summed E-state index contributed by atoms with van der Waals surface area (Å²) in [6.07, 6.45) is 0. The maximum absolute atomic E-state index is 13.3. The van der Waals surface area contributed by atoms with E-state index in [1.165, 1.54) is 35.6 Å². The number of amides is 1. The van der Waals surface area contributed by atoms with Gasteiger partial charge in [0.15, 0.2) is 5.13 Å². The number of benzene rings is 2. The van der Waals surface area contributed by atoms with Crippen LogP contribution >= 0.6 is 11.3 Å². The Hall–Kier alpha value is -2.51. The molecule has 7 heteroatoms. The summed E-state index contributed by atoms with van der Waals surface area (Å²) in [4.78, 5) is 21.8. The third-order valence-corrected chi connectivity index (χ3v) is 5.80. The molecule has 1 aromatic heterocycles. The molecule has 0 N–H and O–H groups in total. The topological polar surface area (TPSA) is 45.7 Å². The zero-order valence-electron chi connectivity index (χ0n) is 17.0. The molecule has 3 rings (SSSR count). The van der Waals surface area contributed by atoms with Crippen LogP contribution in [0.4, 0.5) is 9.52 Å². The monoisotopic (exact) mass is 415 g/mol. The van der Waals surface area contributed by atoms with Crippen molar-refractivity contribution in [1.29, 1.82) is 0 Å². The Morgan fingerprint density at radius 2 is 1.79 bits per heavy atom. The van der Waals surface area contributed by atoms with Crippen molar-refractivity contribution in [3.05, 3.63) is 53.8 Å². The van der Waals surface area contributed by atoms with E-state index in [1.807, 2.05) is 25.1 Å². The Kier molecular flexibility index (Phi) is 7.17. The molecule has 2 aromatic carbocycles. The van der Waals surface area contributed by atoms with Gasteiger partial charge in [0.1, 0.15) is 11.6 Å². The summed E-state index contributed by atoms with van der Waals surface area (Å²) >= 11 is 1.46. The molecule has 5 nitrogen and oxygen atoms in total. The van der Waals surface area contributed by atoms with Crippen molar-refractivity contribution in [2.24, 2.45) is 0 Å². The Bertz CT molecular complexity index is 954. The van der Waals surface area contributed by atoms with Crippen molar-refractivity contribution in [3.63, 3.8) is 0 Å². The zero-order chi connectivity index (χ0) is 20.8. The first-order valence-corrected chi connectivity index (χ1v) is 10.7. The zero-order valence-corrected chi connectivity index (χ0v) is 17.8. The van der Waals surface area contributed by atoms with Crippen LogP contribution in [0.3, 0.4) is 0 Å². The summed E-state index contributed by atoms with van der Waals surface area (Å²) in [5, 5.41) is 0.634. The highest BCUT2D eigenvalue weighted by Gasteiger charge is 2.22. The minimum Gasteiger partial charge on any atom is -0.494 e. The second-order valence-corrected chi connectivity index (χ2v) is 7.56. The number of fused-ring (bicyclic) bond motifs is 1. The van der Waals surface area contributed by atoms with Gasteiger partial charge < -0.3 is 9.64 Å². The molecule has 1 heterocycles. The molecule has 0 spiro atoms. The van der Waals surface area contributed by atoms with Crippen molar-refractivity contribution in [1.82, 2.24) is 9.88 Å². The molecule has 0 saturated carbocycles. The molecule has 0 unspecified atom stereocenters. The lowest BCUT2D eigenvalue weighted by Crippen LogP contribution is -2.38. The van der Waals surface area contributed by atoms with Crippen LogP contribution in [-0.2, 0) is 0 Å². The third-order valence-electron chi connectivity index (χ3n) is 4.76. The van der Waals surface area contributed by atoms with Gasteiger partial charge in [-0.2, -0.15) is 0 Å². The maximum Gasteiger partial charge on any atom is 0.260 e. The fraction of sp³-hybridized carbons (Fsp3) is 0.364. The van der Waals surface area contributed by atoms with Crippen LogP contribution in [0.15, 0.2) is 42.5 Å². The van der Waals surface area contributed by atoms with Gasteiger partial charge >= 0.3 is 0 Å². The Balaban J connectivity index is 1.93. The molecular weight excluding hydrogens is 389 g/mol. The number of halogens is 1. The average molecular weight is 416 g/mol. The molecule has 0 aliphatic carbocycles. The van der Waals surface area contributed by atoms with Crippen LogP contribution in [0.5, 0.6) is 5.75 Å². The summed E-state index contributed by atoms with van der Waals surface area (Å²) in [7, 11) is 0. The molecule has 154 valence electrons. The van der Waals surface area contributed by atoms with E-state index in [1.54, 1.807) is 4.90 Å². The van der Waals surface area contributed by atoms with Gasteiger partial charge in [-0.05, 0) is 62.5 Å². The molecule has 0 fully saturated rings. The van der Waals surface area contributed by atoms with Crippen LogP contribution in [0.1, 0.15) is 31.1 Å². The predicted octanol–water partition coefficient (Wildman–Crippen LogP) is 4.82.